The Morgan fingerprint density at radius 1 is 1.60 bits per heavy atom. The average Bonchev–Trinajstić information content (AvgIpc) is 2.20. The van der Waals surface area contributed by atoms with Crippen molar-refractivity contribution in [2.45, 2.75) is 0 Å². The lowest BCUT2D eigenvalue weighted by Gasteiger charge is -2.01. The first-order chi connectivity index (χ1) is 7.04. The number of nitrogens with one attached hydrogen (secondary N) is 2. The highest BCUT2D eigenvalue weighted by molar-refractivity contribution is 6.33. The van der Waals surface area contributed by atoms with Gasteiger partial charge in [0.1, 0.15) is 5.02 Å². The summed E-state index contributed by atoms with van der Waals surface area (Å²) in [7, 11) is 0. The van der Waals surface area contributed by atoms with Crippen molar-refractivity contribution in [2.75, 3.05) is 5.32 Å². The van der Waals surface area contributed by atoms with Gasteiger partial charge in [0.25, 0.3) is 11.6 Å². The van der Waals surface area contributed by atoms with Crippen LogP contribution in [0.25, 0.3) is 0 Å². The van der Waals surface area contributed by atoms with E-state index in [0.29, 0.717) is 6.21 Å². The maximum Gasteiger partial charge on any atom is 0.289 e. The molecule has 1 aromatic carbocycles. The lowest BCUT2D eigenvalue weighted by molar-refractivity contribution is -0.384. The molecular weight excluding hydrogens is 222 g/mol. The molecule has 6 nitrogen and oxygen atoms in total. The van der Waals surface area contributed by atoms with Crippen LogP contribution in [0.2, 0.25) is 5.02 Å². The van der Waals surface area contributed by atoms with E-state index in [1.165, 1.54) is 12.1 Å². The summed E-state index contributed by atoms with van der Waals surface area (Å²) in [5, 5.41) is 19.4. The number of anilines is 1. The molecule has 1 aromatic rings. The van der Waals surface area contributed by atoms with Crippen LogP contribution in [0.1, 0.15) is 0 Å². The Morgan fingerprint density at radius 3 is 2.80 bits per heavy atom. The van der Waals surface area contributed by atoms with Crippen molar-refractivity contribution in [3.63, 3.8) is 0 Å². The number of nitrogens with zero attached hydrogens (tertiary/aromatic N) is 1. The fourth-order valence-electron chi connectivity index (χ4n) is 0.909. The molecule has 1 amide bonds. The van der Waals surface area contributed by atoms with E-state index in [4.69, 9.17) is 17.0 Å². The summed E-state index contributed by atoms with van der Waals surface area (Å²) < 4.78 is 0. The van der Waals surface area contributed by atoms with Gasteiger partial charge >= 0.3 is 0 Å². The Labute approximate surface area is 89.5 Å². The van der Waals surface area contributed by atoms with Crippen molar-refractivity contribution in [1.29, 1.82) is 5.41 Å². The predicted octanol–water partition coefficient (Wildman–Crippen LogP) is 1.84. The smallest absolute Gasteiger partial charge is 0.289 e. The third-order valence-electron chi connectivity index (χ3n) is 1.54. The summed E-state index contributed by atoms with van der Waals surface area (Å²) in [6.45, 7) is 0. The molecule has 2 N–H and O–H groups in total. The normalized spacial score (nSPS) is 9.40. The molecule has 0 unspecified atom stereocenters. The molecule has 78 valence electrons. The van der Waals surface area contributed by atoms with Crippen LogP contribution in [-0.2, 0) is 4.79 Å². The lowest BCUT2D eigenvalue weighted by Crippen LogP contribution is -2.11. The van der Waals surface area contributed by atoms with E-state index in [0.717, 1.165) is 6.07 Å². The third kappa shape index (κ3) is 2.75. The number of nitro groups is 1. The van der Waals surface area contributed by atoms with E-state index in [1.54, 1.807) is 0 Å². The Bertz CT molecular complexity index is 433. The first-order valence-electron chi connectivity index (χ1n) is 3.80. The van der Waals surface area contributed by atoms with Gasteiger partial charge in [-0.15, -0.1) is 0 Å². The first kappa shape index (κ1) is 11.1. The van der Waals surface area contributed by atoms with Crippen molar-refractivity contribution in [3.05, 3.63) is 33.3 Å². The molecule has 0 aliphatic heterocycles. The van der Waals surface area contributed by atoms with Gasteiger partial charge in [0, 0.05) is 11.8 Å². The monoisotopic (exact) mass is 227 g/mol. The topological polar surface area (TPSA) is 96.1 Å². The fraction of sp³-hybridized carbons (Fsp3) is 0. The second-order valence-corrected chi connectivity index (χ2v) is 2.96. The number of amides is 1. The second-order valence-electron chi connectivity index (χ2n) is 2.56. The number of carbonyl (C=O) groups is 1. The Morgan fingerprint density at radius 2 is 2.27 bits per heavy atom. The highest BCUT2D eigenvalue weighted by atomic mass is 35.5. The molecule has 0 heterocycles. The zero-order valence-corrected chi connectivity index (χ0v) is 8.12. The number of halogens is 1. The molecule has 0 aliphatic rings. The molecule has 0 aromatic heterocycles. The molecule has 0 bridgehead atoms. The predicted molar refractivity (Wildman–Crippen MR) is 55.5 cm³/mol. The second kappa shape index (κ2) is 4.52. The maximum atomic E-state index is 10.8. The van der Waals surface area contributed by atoms with Gasteiger partial charge in [-0.2, -0.15) is 0 Å². The summed E-state index contributed by atoms with van der Waals surface area (Å²) in [5.74, 6) is -0.661. The molecule has 0 saturated heterocycles. The Hall–Kier alpha value is -1.95. The standard InChI is InChI=1S/C8H6ClN3O3/c9-6-2-1-5(11-8(13)4-10)3-7(6)12(14)15/h1-4,10H,(H,11,13). The van der Waals surface area contributed by atoms with Gasteiger partial charge in [-0.3, -0.25) is 14.9 Å². The SMILES string of the molecule is N=CC(=O)Nc1ccc(Cl)c([N+](=O)[O-])c1. The van der Waals surface area contributed by atoms with E-state index in [9.17, 15) is 14.9 Å². The number of benzene rings is 1. The van der Waals surface area contributed by atoms with Crippen molar-refractivity contribution >= 4 is 35.1 Å². The molecule has 0 atom stereocenters. The largest absolute Gasteiger partial charge is 0.321 e. The van der Waals surface area contributed by atoms with Crippen LogP contribution in [-0.4, -0.2) is 17.0 Å². The minimum absolute atomic E-state index is 0.00662. The number of nitro benzene ring substituents is 1. The van der Waals surface area contributed by atoms with Gasteiger partial charge in [0.05, 0.1) is 11.1 Å². The maximum absolute atomic E-state index is 10.8. The summed E-state index contributed by atoms with van der Waals surface area (Å²) >= 11 is 5.56. The summed E-state index contributed by atoms with van der Waals surface area (Å²) in [6, 6.07) is 3.85. The number of hydrogen-bond acceptors (Lipinski definition) is 4. The van der Waals surface area contributed by atoms with Crippen molar-refractivity contribution < 1.29 is 9.72 Å². The van der Waals surface area contributed by atoms with Crippen LogP contribution in [0.5, 0.6) is 0 Å². The number of hydrogen-bond donors (Lipinski definition) is 2. The molecule has 1 rings (SSSR count). The summed E-state index contributed by atoms with van der Waals surface area (Å²) in [6.07, 6.45) is 0.570. The van der Waals surface area contributed by atoms with Gasteiger partial charge in [-0.05, 0) is 12.1 Å². The lowest BCUT2D eigenvalue weighted by atomic mass is 10.3. The first-order valence-corrected chi connectivity index (χ1v) is 4.18. The minimum atomic E-state index is -0.661. The van der Waals surface area contributed by atoms with Gasteiger partial charge in [-0.25, -0.2) is 0 Å². The third-order valence-corrected chi connectivity index (χ3v) is 1.86. The molecule has 0 radical (unpaired) electrons. The zero-order valence-electron chi connectivity index (χ0n) is 7.36. The molecular formula is C8H6ClN3O3. The average molecular weight is 228 g/mol. The van der Waals surface area contributed by atoms with E-state index in [1.807, 2.05) is 0 Å². The van der Waals surface area contributed by atoms with Crippen molar-refractivity contribution in [3.8, 4) is 0 Å². The summed E-state index contributed by atoms with van der Waals surface area (Å²) in [4.78, 5) is 20.6. The van der Waals surface area contributed by atoms with Crippen LogP contribution in [0.3, 0.4) is 0 Å². The van der Waals surface area contributed by atoms with Crippen molar-refractivity contribution in [2.24, 2.45) is 0 Å². The number of rotatable bonds is 3. The van der Waals surface area contributed by atoms with Gasteiger partial charge < -0.3 is 10.7 Å². The van der Waals surface area contributed by atoms with Crippen LogP contribution in [0.15, 0.2) is 18.2 Å². The van der Waals surface area contributed by atoms with Gasteiger partial charge in [0.2, 0.25) is 0 Å². The highest BCUT2D eigenvalue weighted by Crippen LogP contribution is 2.27. The fourth-order valence-corrected chi connectivity index (χ4v) is 1.10. The number of carbonyl (C=O) groups excluding carboxylic acids is 1. The van der Waals surface area contributed by atoms with Gasteiger partial charge in [-0.1, -0.05) is 11.6 Å². The quantitative estimate of drug-likeness (QED) is 0.468. The van der Waals surface area contributed by atoms with Crippen LogP contribution >= 0.6 is 11.6 Å². The Balaban J connectivity index is 3.02. The highest BCUT2D eigenvalue weighted by Gasteiger charge is 2.13. The van der Waals surface area contributed by atoms with E-state index < -0.39 is 10.8 Å². The van der Waals surface area contributed by atoms with Crippen LogP contribution in [0.4, 0.5) is 11.4 Å². The summed E-state index contributed by atoms with van der Waals surface area (Å²) in [5.41, 5.74) is -0.0703. The molecule has 7 heteroatoms. The zero-order chi connectivity index (χ0) is 11.4. The molecule has 0 aliphatic carbocycles. The molecule has 0 saturated carbocycles. The Kier molecular flexibility index (Phi) is 3.35. The van der Waals surface area contributed by atoms with Crippen molar-refractivity contribution in [1.82, 2.24) is 0 Å². The van der Waals surface area contributed by atoms with E-state index >= 15 is 0 Å². The van der Waals surface area contributed by atoms with E-state index in [-0.39, 0.29) is 16.4 Å². The molecule has 15 heavy (non-hydrogen) atoms. The minimum Gasteiger partial charge on any atom is -0.321 e. The van der Waals surface area contributed by atoms with E-state index in [2.05, 4.69) is 5.32 Å². The van der Waals surface area contributed by atoms with Gasteiger partial charge in [0.15, 0.2) is 0 Å². The van der Waals surface area contributed by atoms with Crippen LogP contribution in [0, 0.1) is 15.5 Å². The van der Waals surface area contributed by atoms with Crippen LogP contribution < -0.4 is 5.32 Å². The molecule has 0 fully saturated rings. The molecule has 0 spiro atoms.